The van der Waals surface area contributed by atoms with Gasteiger partial charge >= 0.3 is 0 Å². The molecule has 0 bridgehead atoms. The van der Waals surface area contributed by atoms with Crippen LogP contribution in [0.1, 0.15) is 37.0 Å². The Labute approximate surface area is 174 Å². The van der Waals surface area contributed by atoms with E-state index in [2.05, 4.69) is 96.9 Å². The summed E-state index contributed by atoms with van der Waals surface area (Å²) in [6.07, 6.45) is 4.44. The Bertz CT molecular complexity index is 918. The average molecular weight is 386 g/mol. The highest BCUT2D eigenvalue weighted by atomic mass is 32.1. The number of rotatable bonds is 8. The van der Waals surface area contributed by atoms with Crippen molar-refractivity contribution in [3.8, 4) is 11.1 Å². The normalized spacial score (nSPS) is 11.6. The van der Waals surface area contributed by atoms with Crippen LogP contribution in [0, 0.1) is 5.92 Å². The fourth-order valence-corrected chi connectivity index (χ4v) is 3.43. The molecule has 0 heterocycles. The predicted octanol–water partition coefficient (Wildman–Crippen LogP) is 7.46. The van der Waals surface area contributed by atoms with Crippen molar-refractivity contribution in [1.29, 1.82) is 0 Å². The first kappa shape index (κ1) is 20.2. The molecule has 0 aromatic heterocycles. The van der Waals surface area contributed by atoms with E-state index in [9.17, 15) is 0 Å². The number of aryl methyl sites for hydroxylation is 2. The molecule has 3 rings (SSSR count). The Morgan fingerprint density at radius 3 is 1.68 bits per heavy atom. The van der Waals surface area contributed by atoms with Crippen LogP contribution in [0.3, 0.4) is 0 Å². The first-order chi connectivity index (χ1) is 13.7. The fraction of sp³-hybridized carbons (Fsp3) is 0.269. The van der Waals surface area contributed by atoms with Crippen LogP contribution in [0.2, 0.25) is 0 Å². The summed E-state index contributed by atoms with van der Waals surface area (Å²) in [7, 11) is 0. The van der Waals surface area contributed by atoms with Crippen molar-refractivity contribution in [1.82, 2.24) is 0 Å². The van der Waals surface area contributed by atoms with E-state index in [4.69, 9.17) is 0 Å². The molecule has 0 radical (unpaired) electrons. The first-order valence-corrected chi connectivity index (χ1v) is 10.4. The van der Waals surface area contributed by atoms with Crippen LogP contribution >= 0.6 is 12.2 Å². The van der Waals surface area contributed by atoms with E-state index < -0.39 is 0 Å². The topological polar surface area (TPSA) is 12.4 Å². The predicted molar refractivity (Wildman–Crippen MR) is 124 cm³/mol. The molecule has 3 aromatic carbocycles. The van der Waals surface area contributed by atoms with Gasteiger partial charge in [-0.05, 0) is 77.3 Å². The van der Waals surface area contributed by atoms with Gasteiger partial charge in [-0.25, -0.2) is 0 Å². The highest BCUT2D eigenvalue weighted by molar-refractivity contribution is 7.78. The summed E-state index contributed by atoms with van der Waals surface area (Å²) in [5, 5.41) is 2.40. The van der Waals surface area contributed by atoms with Crippen molar-refractivity contribution in [3.63, 3.8) is 0 Å². The molecular formula is C26H27NS. The summed E-state index contributed by atoms with van der Waals surface area (Å²) in [4.78, 5) is 3.99. The average Bonchev–Trinajstić information content (AvgIpc) is 2.74. The largest absolute Gasteiger partial charge is 0.195 e. The summed E-state index contributed by atoms with van der Waals surface area (Å²) in [6, 6.07) is 26.2. The van der Waals surface area contributed by atoms with Gasteiger partial charge in [-0.2, -0.15) is 4.99 Å². The minimum absolute atomic E-state index is 0.744. The number of hydrogen-bond donors (Lipinski definition) is 0. The Hall–Kier alpha value is -2.54. The lowest BCUT2D eigenvalue weighted by atomic mass is 9.96. The molecule has 0 aliphatic heterocycles. The lowest BCUT2D eigenvalue weighted by Gasteiger charge is -2.10. The van der Waals surface area contributed by atoms with E-state index in [0.717, 1.165) is 30.9 Å². The maximum Gasteiger partial charge on any atom is 0.0739 e. The molecule has 0 spiro atoms. The lowest BCUT2D eigenvalue weighted by Crippen LogP contribution is -1.97. The van der Waals surface area contributed by atoms with E-state index >= 15 is 0 Å². The number of nitrogens with zero attached hydrogens (tertiary/aromatic N) is 1. The summed E-state index contributed by atoms with van der Waals surface area (Å²) >= 11 is 4.64. The van der Waals surface area contributed by atoms with Gasteiger partial charge in [0.05, 0.1) is 10.8 Å². The van der Waals surface area contributed by atoms with Gasteiger partial charge in [0.25, 0.3) is 0 Å². The molecule has 2 heteroatoms. The highest BCUT2D eigenvalue weighted by Crippen LogP contribution is 2.22. The molecule has 0 amide bonds. The molecule has 1 nitrogen and oxygen atoms in total. The zero-order chi connectivity index (χ0) is 19.8. The number of benzene rings is 3. The zero-order valence-corrected chi connectivity index (χ0v) is 17.5. The smallest absolute Gasteiger partial charge is 0.0739 e. The van der Waals surface area contributed by atoms with Gasteiger partial charge in [-0.3, -0.25) is 0 Å². The molecular weight excluding hydrogens is 358 g/mol. The van der Waals surface area contributed by atoms with Crippen molar-refractivity contribution in [2.75, 3.05) is 0 Å². The fourth-order valence-electron chi connectivity index (χ4n) is 3.32. The van der Waals surface area contributed by atoms with Crippen molar-refractivity contribution in [3.05, 3.63) is 89.5 Å². The van der Waals surface area contributed by atoms with Crippen LogP contribution in [0.25, 0.3) is 11.1 Å². The van der Waals surface area contributed by atoms with E-state index in [-0.39, 0.29) is 0 Å². The number of isothiocyanates is 1. The molecule has 1 unspecified atom stereocenters. The summed E-state index contributed by atoms with van der Waals surface area (Å²) < 4.78 is 0. The molecule has 0 aliphatic rings. The van der Waals surface area contributed by atoms with Crippen molar-refractivity contribution in [2.45, 2.75) is 39.5 Å². The standard InChI is InChI=1S/C26H27NS/c1-3-20(2)18-23-8-14-25(15-9-23)24-12-6-21(7-13-24)4-5-22-10-16-26(17-11-22)27-19-28/h6-17,20H,3-5,18H2,1-2H3. The van der Waals surface area contributed by atoms with Gasteiger partial charge < -0.3 is 0 Å². The van der Waals surface area contributed by atoms with Crippen molar-refractivity contribution in [2.24, 2.45) is 10.9 Å². The van der Waals surface area contributed by atoms with Gasteiger partial charge in [0.15, 0.2) is 0 Å². The van der Waals surface area contributed by atoms with Crippen LogP contribution in [0.15, 0.2) is 77.8 Å². The molecule has 0 saturated heterocycles. The molecule has 28 heavy (non-hydrogen) atoms. The second-order valence-electron chi connectivity index (χ2n) is 7.48. The van der Waals surface area contributed by atoms with Gasteiger partial charge in [-0.1, -0.05) is 80.9 Å². The van der Waals surface area contributed by atoms with Gasteiger partial charge in [0, 0.05) is 0 Å². The minimum atomic E-state index is 0.744. The highest BCUT2D eigenvalue weighted by Gasteiger charge is 2.03. The SMILES string of the molecule is CCC(C)Cc1ccc(-c2ccc(CCc3ccc(N=C=S)cc3)cc2)cc1. The van der Waals surface area contributed by atoms with Gasteiger partial charge in [0.2, 0.25) is 0 Å². The van der Waals surface area contributed by atoms with Crippen molar-refractivity contribution >= 4 is 23.1 Å². The number of thiocarbonyl (C=S) groups is 1. The Kier molecular flexibility index (Phi) is 7.31. The Balaban J connectivity index is 1.59. The lowest BCUT2D eigenvalue weighted by molar-refractivity contribution is 0.560. The summed E-state index contributed by atoms with van der Waals surface area (Å²) in [5.74, 6) is 0.744. The molecule has 142 valence electrons. The van der Waals surface area contributed by atoms with E-state index in [1.165, 1.54) is 34.2 Å². The van der Waals surface area contributed by atoms with Gasteiger partial charge in [-0.15, -0.1) is 0 Å². The maximum absolute atomic E-state index is 4.64. The molecule has 0 N–H and O–H groups in total. The maximum atomic E-state index is 4.64. The van der Waals surface area contributed by atoms with Crippen LogP contribution in [-0.4, -0.2) is 5.16 Å². The Morgan fingerprint density at radius 1 is 0.750 bits per heavy atom. The molecule has 0 fully saturated rings. The second-order valence-corrected chi connectivity index (χ2v) is 7.66. The zero-order valence-electron chi connectivity index (χ0n) is 16.7. The summed E-state index contributed by atoms with van der Waals surface area (Å²) in [5.41, 5.74) is 7.52. The van der Waals surface area contributed by atoms with E-state index in [0.29, 0.717) is 0 Å². The molecule has 1 atom stereocenters. The van der Waals surface area contributed by atoms with Crippen LogP contribution in [0.4, 0.5) is 5.69 Å². The van der Waals surface area contributed by atoms with Crippen LogP contribution in [-0.2, 0) is 19.3 Å². The molecule has 3 aromatic rings. The Morgan fingerprint density at radius 2 is 1.21 bits per heavy atom. The van der Waals surface area contributed by atoms with Crippen LogP contribution in [0.5, 0.6) is 0 Å². The minimum Gasteiger partial charge on any atom is -0.195 e. The second kappa shape index (κ2) is 10.1. The third-order valence-electron chi connectivity index (χ3n) is 5.34. The quantitative estimate of drug-likeness (QED) is 0.289. The third kappa shape index (κ3) is 5.73. The summed E-state index contributed by atoms with van der Waals surface area (Å²) in [6.45, 7) is 4.57. The van der Waals surface area contributed by atoms with E-state index in [1.54, 1.807) is 0 Å². The third-order valence-corrected chi connectivity index (χ3v) is 5.43. The van der Waals surface area contributed by atoms with Crippen molar-refractivity contribution < 1.29 is 0 Å². The van der Waals surface area contributed by atoms with E-state index in [1.807, 2.05) is 12.1 Å². The molecule has 0 aliphatic carbocycles. The van der Waals surface area contributed by atoms with Crippen LogP contribution < -0.4 is 0 Å². The number of aliphatic imine (C=N–C) groups is 1. The monoisotopic (exact) mass is 385 g/mol. The molecule has 0 saturated carbocycles. The first-order valence-electron chi connectivity index (χ1n) is 10.0. The number of hydrogen-bond acceptors (Lipinski definition) is 2. The van der Waals surface area contributed by atoms with Gasteiger partial charge in [0.1, 0.15) is 0 Å².